The van der Waals surface area contributed by atoms with Gasteiger partial charge in [0.2, 0.25) is 0 Å². The summed E-state index contributed by atoms with van der Waals surface area (Å²) in [6, 6.07) is 5.68. The Morgan fingerprint density at radius 3 is 2.74 bits per heavy atom. The zero-order chi connectivity index (χ0) is 14.0. The van der Waals surface area contributed by atoms with Crippen LogP contribution in [0.3, 0.4) is 0 Å². The van der Waals surface area contributed by atoms with Crippen molar-refractivity contribution in [1.29, 1.82) is 0 Å². The first-order valence-corrected chi connectivity index (χ1v) is 7.91. The van der Waals surface area contributed by atoms with Gasteiger partial charge < -0.3 is 10.2 Å². The number of hydrogen-bond donors (Lipinski definition) is 2. The highest BCUT2D eigenvalue weighted by molar-refractivity contribution is 14.1. The number of rotatable bonds is 5. The van der Waals surface area contributed by atoms with Crippen molar-refractivity contribution in [3.63, 3.8) is 0 Å². The fraction of sp³-hybridized carbons (Fsp3) is 0.182. The molecule has 2 aromatic rings. The Kier molecular flexibility index (Phi) is 4.63. The smallest absolute Gasteiger partial charge is 0.317 e. The van der Waals surface area contributed by atoms with Crippen LogP contribution in [0.2, 0.25) is 0 Å². The van der Waals surface area contributed by atoms with Gasteiger partial charge in [0.1, 0.15) is 5.25 Å². The van der Waals surface area contributed by atoms with Crippen LogP contribution in [0.1, 0.15) is 6.42 Å². The van der Waals surface area contributed by atoms with E-state index in [2.05, 4.69) is 27.6 Å². The molecule has 0 spiro atoms. The molecule has 1 unspecified atom stereocenters. The van der Waals surface area contributed by atoms with Crippen LogP contribution in [0.15, 0.2) is 22.5 Å². The average molecular weight is 409 g/mol. The highest BCUT2D eigenvalue weighted by Gasteiger charge is 2.24. The highest BCUT2D eigenvalue weighted by Crippen LogP contribution is 2.35. The van der Waals surface area contributed by atoms with Crippen molar-refractivity contribution < 1.29 is 19.8 Å². The zero-order valence-corrected chi connectivity index (χ0v) is 13.2. The van der Waals surface area contributed by atoms with Crippen LogP contribution in [0.4, 0.5) is 0 Å². The van der Waals surface area contributed by atoms with Crippen LogP contribution in [0.5, 0.6) is 0 Å². The van der Waals surface area contributed by atoms with Crippen molar-refractivity contribution in [2.24, 2.45) is 0 Å². The lowest BCUT2D eigenvalue weighted by Crippen LogP contribution is -2.20. The molecule has 0 aliphatic rings. The molecule has 2 rings (SSSR count). The molecule has 1 aromatic heterocycles. The van der Waals surface area contributed by atoms with E-state index in [1.807, 2.05) is 18.2 Å². The maximum absolute atomic E-state index is 11.0. The first-order chi connectivity index (χ1) is 8.97. The van der Waals surface area contributed by atoms with Crippen LogP contribution >= 0.6 is 45.7 Å². The van der Waals surface area contributed by atoms with Crippen LogP contribution in [0, 0.1) is 3.57 Å². The molecule has 8 heteroatoms. The van der Waals surface area contributed by atoms with Crippen molar-refractivity contribution in [3.05, 3.63) is 21.8 Å². The van der Waals surface area contributed by atoms with Crippen LogP contribution in [0.25, 0.3) is 10.2 Å². The third-order valence-electron chi connectivity index (χ3n) is 2.23. The lowest BCUT2D eigenvalue weighted by molar-refractivity contribution is -0.142. The van der Waals surface area contributed by atoms with Gasteiger partial charge in [0.25, 0.3) is 0 Å². The SMILES string of the molecule is O=C(O)CC(Sc1nc2cccc(I)c2s1)C(=O)O. The summed E-state index contributed by atoms with van der Waals surface area (Å²) in [5.74, 6) is -2.27. The third kappa shape index (κ3) is 3.57. The molecular formula is C11H8INO4S2. The minimum atomic E-state index is -1.14. The van der Waals surface area contributed by atoms with Gasteiger partial charge in [-0.25, -0.2) is 4.98 Å². The van der Waals surface area contributed by atoms with E-state index in [1.165, 1.54) is 11.3 Å². The maximum Gasteiger partial charge on any atom is 0.317 e. The van der Waals surface area contributed by atoms with Crippen molar-refractivity contribution in [1.82, 2.24) is 4.98 Å². The molecule has 0 amide bonds. The Morgan fingerprint density at radius 1 is 1.42 bits per heavy atom. The molecule has 0 bridgehead atoms. The number of halogens is 1. The molecule has 5 nitrogen and oxygen atoms in total. The predicted molar refractivity (Wildman–Crippen MR) is 81.9 cm³/mol. The Morgan fingerprint density at radius 2 is 2.16 bits per heavy atom. The van der Waals surface area contributed by atoms with Gasteiger partial charge in [0.15, 0.2) is 4.34 Å². The molecule has 1 heterocycles. The molecule has 0 saturated carbocycles. The summed E-state index contributed by atoms with van der Waals surface area (Å²) in [4.78, 5) is 26.0. The summed E-state index contributed by atoms with van der Waals surface area (Å²) in [6.45, 7) is 0. The number of carboxylic acid groups (broad SMARTS) is 2. The Hall–Kier alpha value is -0.870. The number of carbonyl (C=O) groups is 2. The van der Waals surface area contributed by atoms with Crippen molar-refractivity contribution >= 4 is 67.8 Å². The summed E-state index contributed by atoms with van der Waals surface area (Å²) in [6.07, 6.45) is -0.424. The average Bonchev–Trinajstić information content (AvgIpc) is 2.71. The number of thiazole rings is 1. The Labute approximate surface area is 130 Å². The van der Waals surface area contributed by atoms with Crippen LogP contribution in [-0.2, 0) is 9.59 Å². The highest BCUT2D eigenvalue weighted by atomic mass is 127. The van der Waals surface area contributed by atoms with Gasteiger partial charge in [-0.2, -0.15) is 0 Å². The topological polar surface area (TPSA) is 87.5 Å². The first-order valence-electron chi connectivity index (χ1n) is 5.13. The molecule has 0 aliphatic heterocycles. The van der Waals surface area contributed by atoms with E-state index in [0.29, 0.717) is 4.34 Å². The molecule has 19 heavy (non-hydrogen) atoms. The molecule has 0 saturated heterocycles. The molecule has 1 atom stereocenters. The van der Waals surface area contributed by atoms with Gasteiger partial charge in [0, 0.05) is 3.57 Å². The predicted octanol–water partition coefficient (Wildman–Crippen LogP) is 2.92. The summed E-state index contributed by atoms with van der Waals surface area (Å²) < 4.78 is 2.61. The van der Waals surface area contributed by atoms with E-state index in [0.717, 1.165) is 25.5 Å². The lowest BCUT2D eigenvalue weighted by atomic mass is 10.3. The molecule has 100 valence electrons. The minimum Gasteiger partial charge on any atom is -0.481 e. The monoisotopic (exact) mass is 409 g/mol. The molecule has 1 aromatic carbocycles. The molecule has 2 N–H and O–H groups in total. The second kappa shape index (κ2) is 6.06. The summed E-state index contributed by atoms with van der Waals surface area (Å²) in [7, 11) is 0. The van der Waals surface area contributed by atoms with Crippen molar-refractivity contribution in [2.75, 3.05) is 0 Å². The number of thioether (sulfide) groups is 1. The number of fused-ring (bicyclic) bond motifs is 1. The molecular weight excluding hydrogens is 401 g/mol. The van der Waals surface area contributed by atoms with E-state index >= 15 is 0 Å². The second-order valence-electron chi connectivity index (χ2n) is 3.61. The first kappa shape index (κ1) is 14.5. The largest absolute Gasteiger partial charge is 0.481 e. The van der Waals surface area contributed by atoms with E-state index in [4.69, 9.17) is 10.2 Å². The van der Waals surface area contributed by atoms with Gasteiger partial charge in [-0.1, -0.05) is 17.8 Å². The van der Waals surface area contributed by atoms with Gasteiger partial charge in [-0.3, -0.25) is 9.59 Å². The molecule has 0 fully saturated rings. The summed E-state index contributed by atoms with van der Waals surface area (Å²) in [5, 5.41) is 16.7. The molecule has 0 aliphatic carbocycles. The standard InChI is InChI=1S/C11H8INO4S2/c12-5-2-1-3-6-9(5)19-11(13-6)18-7(10(16)17)4-8(14)15/h1-3,7H,4H2,(H,14,15)(H,16,17). The Balaban J connectivity index is 2.26. The van der Waals surface area contributed by atoms with Gasteiger partial charge in [-0.05, 0) is 34.7 Å². The van der Waals surface area contributed by atoms with Gasteiger partial charge in [-0.15, -0.1) is 11.3 Å². The van der Waals surface area contributed by atoms with Crippen molar-refractivity contribution in [2.45, 2.75) is 16.0 Å². The fourth-order valence-corrected chi connectivity index (χ4v) is 4.43. The van der Waals surface area contributed by atoms with E-state index in [9.17, 15) is 9.59 Å². The van der Waals surface area contributed by atoms with E-state index in [1.54, 1.807) is 0 Å². The number of nitrogens with zero attached hydrogens (tertiary/aromatic N) is 1. The van der Waals surface area contributed by atoms with E-state index in [-0.39, 0.29) is 0 Å². The Bertz CT molecular complexity index is 643. The third-order valence-corrected chi connectivity index (χ3v) is 5.87. The molecule has 0 radical (unpaired) electrons. The maximum atomic E-state index is 11.0. The van der Waals surface area contributed by atoms with Gasteiger partial charge in [0.05, 0.1) is 16.6 Å². The van der Waals surface area contributed by atoms with Crippen LogP contribution in [-0.4, -0.2) is 32.4 Å². The van der Waals surface area contributed by atoms with Crippen molar-refractivity contribution in [3.8, 4) is 0 Å². The van der Waals surface area contributed by atoms with E-state index < -0.39 is 23.6 Å². The number of benzene rings is 1. The quantitative estimate of drug-likeness (QED) is 0.584. The zero-order valence-electron chi connectivity index (χ0n) is 9.37. The number of hydrogen-bond acceptors (Lipinski definition) is 5. The minimum absolute atomic E-state index is 0.424. The number of aromatic nitrogens is 1. The number of carboxylic acids is 2. The van der Waals surface area contributed by atoms with Crippen LogP contribution < -0.4 is 0 Å². The number of aliphatic carboxylic acids is 2. The fourth-order valence-electron chi connectivity index (χ4n) is 1.41. The normalized spacial score (nSPS) is 12.5. The lowest BCUT2D eigenvalue weighted by Gasteiger charge is -2.06. The summed E-state index contributed by atoms with van der Waals surface area (Å²) in [5.41, 5.74) is 0.805. The summed E-state index contributed by atoms with van der Waals surface area (Å²) >= 11 is 4.56. The second-order valence-corrected chi connectivity index (χ2v) is 7.22. The van der Waals surface area contributed by atoms with Gasteiger partial charge >= 0.3 is 11.9 Å².